The Balaban J connectivity index is 2.03. The smallest absolute Gasteiger partial charge is 0.0615 e. The summed E-state index contributed by atoms with van der Waals surface area (Å²) in [5, 5.41) is 0. The van der Waals surface area contributed by atoms with E-state index < -0.39 is 0 Å². The minimum atomic E-state index is 0.790. The van der Waals surface area contributed by atoms with Gasteiger partial charge in [-0.3, -0.25) is 0 Å². The molecule has 0 aromatic rings. The molecule has 0 N–H and O–H groups in total. The summed E-state index contributed by atoms with van der Waals surface area (Å²) >= 11 is 0. The van der Waals surface area contributed by atoms with E-state index in [9.17, 15) is 0 Å². The first-order valence-electron chi connectivity index (χ1n) is 4.59. The molecule has 2 aliphatic carbocycles. The van der Waals surface area contributed by atoms with E-state index >= 15 is 0 Å². The minimum Gasteiger partial charge on any atom is -0.0615 e. The lowest BCUT2D eigenvalue weighted by Crippen LogP contribution is -2.10. The third kappa shape index (κ3) is 0.652. The van der Waals surface area contributed by atoms with E-state index in [-0.39, 0.29) is 0 Å². The lowest BCUT2D eigenvalue weighted by Gasteiger charge is -2.16. The molecule has 2 atom stereocenters. The largest absolute Gasteiger partial charge is 0.0936 e. The van der Waals surface area contributed by atoms with Crippen LogP contribution in [0.15, 0.2) is 0 Å². The van der Waals surface area contributed by atoms with E-state index in [1.807, 2.05) is 0 Å². The van der Waals surface area contributed by atoms with Crippen LogP contribution in [0.5, 0.6) is 0 Å². The van der Waals surface area contributed by atoms with E-state index in [1.165, 1.54) is 25.7 Å². The Labute approximate surface area is 64.0 Å². The van der Waals surface area contributed by atoms with E-state index in [2.05, 4.69) is 20.3 Å². The summed E-state index contributed by atoms with van der Waals surface area (Å²) < 4.78 is 0. The van der Waals surface area contributed by atoms with Crippen LogP contribution < -0.4 is 0 Å². The van der Waals surface area contributed by atoms with Gasteiger partial charge in [0.15, 0.2) is 0 Å². The molecule has 2 rings (SSSR count). The molecular weight excluding hydrogens is 120 g/mol. The third-order valence-corrected chi connectivity index (χ3v) is 4.03. The molecule has 0 bridgehead atoms. The van der Waals surface area contributed by atoms with Gasteiger partial charge in [-0.05, 0) is 24.7 Å². The Morgan fingerprint density at radius 2 is 2.00 bits per heavy atom. The predicted molar refractivity (Wildman–Crippen MR) is 43.5 cm³/mol. The fraction of sp³-hybridized carbons (Fsp3) is 0.900. The van der Waals surface area contributed by atoms with Crippen molar-refractivity contribution in [2.75, 3.05) is 0 Å². The van der Waals surface area contributed by atoms with Gasteiger partial charge in [0.25, 0.3) is 0 Å². The van der Waals surface area contributed by atoms with Gasteiger partial charge in [0.05, 0.1) is 19.3 Å². The van der Waals surface area contributed by atoms with Crippen molar-refractivity contribution in [1.82, 2.24) is 0 Å². The van der Waals surface area contributed by atoms with Gasteiger partial charge in [0.2, 0.25) is 0 Å². The van der Waals surface area contributed by atoms with E-state index in [0.717, 1.165) is 17.3 Å². The van der Waals surface area contributed by atoms with Crippen molar-refractivity contribution in [3.8, 4) is 0 Å². The van der Waals surface area contributed by atoms with E-state index in [4.69, 9.17) is 0 Å². The monoisotopic (exact) mass is 137 g/mol. The zero-order valence-corrected chi connectivity index (χ0v) is 7.06. The van der Waals surface area contributed by atoms with Crippen LogP contribution in [0, 0.1) is 23.7 Å². The lowest BCUT2D eigenvalue weighted by molar-refractivity contribution is 0.346. The summed E-state index contributed by atoms with van der Waals surface area (Å²) in [5.74, 6) is 2.04. The van der Waals surface area contributed by atoms with Gasteiger partial charge < -0.3 is 0 Å². The van der Waals surface area contributed by atoms with Crippen LogP contribution in [0.2, 0.25) is 0 Å². The standard InChI is InChI=1S/C10H17/c1-8-9(2)10(8)6-4-3-5-7-10/h4,8-9H,3,5-7H2,1-2H3/q+1/t8-,9-/m0/s1. The average molecular weight is 137 g/mol. The summed E-state index contributed by atoms with van der Waals surface area (Å²) in [7, 11) is 0. The summed E-state index contributed by atoms with van der Waals surface area (Å²) in [6.07, 6.45) is 8.25. The van der Waals surface area contributed by atoms with E-state index in [0.29, 0.717) is 0 Å². The van der Waals surface area contributed by atoms with Crippen LogP contribution in [0.3, 0.4) is 0 Å². The van der Waals surface area contributed by atoms with Crippen molar-refractivity contribution >= 4 is 0 Å². The SMILES string of the molecule is C[C@H]1[C@H](C)C12C[CH+]CCC2. The summed E-state index contributed by atoms with van der Waals surface area (Å²) in [5.41, 5.74) is 0.790. The Morgan fingerprint density at radius 3 is 2.30 bits per heavy atom. The predicted octanol–water partition coefficient (Wildman–Crippen LogP) is 3.04. The molecule has 0 aromatic carbocycles. The van der Waals surface area contributed by atoms with Gasteiger partial charge in [-0.15, -0.1) is 0 Å². The summed E-state index contributed by atoms with van der Waals surface area (Å²) in [6, 6.07) is 0. The molecule has 2 aliphatic rings. The second-order valence-corrected chi connectivity index (χ2v) is 4.20. The Hall–Kier alpha value is -0.130. The number of rotatable bonds is 0. The maximum atomic E-state index is 2.50. The van der Waals surface area contributed by atoms with Gasteiger partial charge >= 0.3 is 0 Å². The maximum absolute atomic E-state index is 2.50. The molecule has 0 aliphatic heterocycles. The Bertz CT molecular complexity index is 121. The zero-order valence-electron chi connectivity index (χ0n) is 7.06. The quantitative estimate of drug-likeness (QED) is 0.450. The Kier molecular flexibility index (Phi) is 1.27. The van der Waals surface area contributed by atoms with Crippen LogP contribution >= 0.6 is 0 Å². The van der Waals surface area contributed by atoms with Crippen LogP contribution in [-0.4, -0.2) is 0 Å². The van der Waals surface area contributed by atoms with Crippen molar-refractivity contribution in [3.63, 3.8) is 0 Å². The molecule has 0 radical (unpaired) electrons. The molecule has 0 heterocycles. The van der Waals surface area contributed by atoms with Crippen molar-refractivity contribution in [3.05, 3.63) is 6.42 Å². The normalized spacial score (nSPS) is 52.6. The molecule has 0 aromatic heterocycles. The van der Waals surface area contributed by atoms with Crippen LogP contribution in [0.1, 0.15) is 39.5 Å². The first-order valence-corrected chi connectivity index (χ1v) is 4.59. The number of hydrogen-bond acceptors (Lipinski definition) is 0. The Morgan fingerprint density at radius 1 is 1.30 bits per heavy atom. The fourth-order valence-corrected chi connectivity index (χ4v) is 2.82. The first-order chi connectivity index (χ1) is 4.77. The average Bonchev–Trinajstić information content (AvgIpc) is 2.45. The molecule has 10 heavy (non-hydrogen) atoms. The molecule has 0 heteroatoms. The molecule has 2 saturated carbocycles. The van der Waals surface area contributed by atoms with Gasteiger partial charge in [0.1, 0.15) is 0 Å². The van der Waals surface area contributed by atoms with Gasteiger partial charge in [0, 0.05) is 5.41 Å². The van der Waals surface area contributed by atoms with Gasteiger partial charge in [-0.25, -0.2) is 0 Å². The highest BCUT2D eigenvalue weighted by Gasteiger charge is 2.61. The van der Waals surface area contributed by atoms with Crippen molar-refractivity contribution in [2.24, 2.45) is 17.3 Å². The summed E-state index contributed by atoms with van der Waals surface area (Å²) in [4.78, 5) is 0. The van der Waals surface area contributed by atoms with E-state index in [1.54, 1.807) is 0 Å². The van der Waals surface area contributed by atoms with Gasteiger partial charge in [-0.1, -0.05) is 13.8 Å². The highest BCUT2D eigenvalue weighted by molar-refractivity contribution is 5.09. The maximum Gasteiger partial charge on any atom is 0.0936 e. The van der Waals surface area contributed by atoms with Crippen LogP contribution in [-0.2, 0) is 0 Å². The fourth-order valence-electron chi connectivity index (χ4n) is 2.82. The minimum absolute atomic E-state index is 0.790. The first kappa shape index (κ1) is 6.57. The topological polar surface area (TPSA) is 0 Å². The van der Waals surface area contributed by atoms with Crippen LogP contribution in [0.25, 0.3) is 0 Å². The molecular formula is C10H17+. The summed E-state index contributed by atoms with van der Waals surface area (Å²) in [6.45, 7) is 4.84. The second kappa shape index (κ2) is 1.93. The molecule has 1 spiro atoms. The third-order valence-electron chi connectivity index (χ3n) is 4.03. The van der Waals surface area contributed by atoms with Crippen LogP contribution in [0.4, 0.5) is 0 Å². The van der Waals surface area contributed by atoms with Crippen molar-refractivity contribution in [1.29, 1.82) is 0 Å². The highest BCUT2D eigenvalue weighted by Crippen LogP contribution is 2.65. The number of hydrogen-bond donors (Lipinski definition) is 0. The molecule has 2 fully saturated rings. The second-order valence-electron chi connectivity index (χ2n) is 4.20. The lowest BCUT2D eigenvalue weighted by atomic mass is 9.83. The van der Waals surface area contributed by atoms with Gasteiger partial charge in [-0.2, -0.15) is 0 Å². The molecule has 0 unspecified atom stereocenters. The molecule has 0 nitrogen and oxygen atoms in total. The molecule has 0 amide bonds. The van der Waals surface area contributed by atoms with Crippen molar-refractivity contribution < 1.29 is 0 Å². The zero-order chi connectivity index (χ0) is 7.19. The molecule has 56 valence electrons. The van der Waals surface area contributed by atoms with Crippen molar-refractivity contribution in [2.45, 2.75) is 39.5 Å². The highest BCUT2D eigenvalue weighted by atomic mass is 14.6. The molecule has 0 saturated heterocycles.